The van der Waals surface area contributed by atoms with Crippen LogP contribution >= 0.6 is 5.69 Å². The molecule has 0 unspecified atom stereocenters. The molecule has 0 fully saturated rings. The summed E-state index contributed by atoms with van der Waals surface area (Å²) < 4.78 is 11.7. The van der Waals surface area contributed by atoms with Gasteiger partial charge in [0.05, 0.1) is 0 Å². The summed E-state index contributed by atoms with van der Waals surface area (Å²) in [6.07, 6.45) is 0. The summed E-state index contributed by atoms with van der Waals surface area (Å²) in [5.41, 5.74) is 1.61. The third kappa shape index (κ3) is 5.30. The Morgan fingerprint density at radius 1 is 0.483 bits per heavy atom. The van der Waals surface area contributed by atoms with E-state index in [1.54, 1.807) is 0 Å². The number of benzene rings is 4. The molecule has 5 heteroatoms. The lowest BCUT2D eigenvalue weighted by molar-refractivity contribution is 0.507. The van der Waals surface area contributed by atoms with Crippen molar-refractivity contribution in [3.63, 3.8) is 0 Å². The minimum absolute atomic E-state index is 0.615. The molecule has 0 heterocycles. The maximum Gasteiger partial charge on any atom is 0.156 e. The highest BCUT2D eigenvalue weighted by Gasteiger charge is 2.08. The van der Waals surface area contributed by atoms with Crippen LogP contribution in [0.4, 0.5) is 0 Å². The van der Waals surface area contributed by atoms with E-state index < -0.39 is 5.69 Å². The first-order valence-corrected chi connectivity index (χ1v) is 12.8. The monoisotopic (exact) mass is 433 g/mol. The van der Waals surface area contributed by atoms with Gasteiger partial charge in [0.2, 0.25) is 0 Å². The Bertz CT molecular complexity index is 1020. The van der Waals surface area contributed by atoms with Gasteiger partial charge < -0.3 is 21.3 Å². The van der Waals surface area contributed by atoms with Gasteiger partial charge in [-0.15, -0.1) is 0 Å². The van der Waals surface area contributed by atoms with Gasteiger partial charge in [-0.3, -0.25) is 0 Å². The average Bonchev–Trinajstić information content (AvgIpc) is 2.75. The summed E-state index contributed by atoms with van der Waals surface area (Å²) in [6, 6.07) is 35.8. The standard InChI is InChI=1S/C24H19O2PS2/c28-27(29,25-23-15-11-21(12-16-23)19-7-3-1-4-8-19)26-24-17-13-22(14-18-24)20-9-5-2-6-10-20/h1-18H,(H,28,29)/p-1. The molecule has 4 aromatic carbocycles. The van der Waals surface area contributed by atoms with Gasteiger partial charge in [0.15, 0.2) is 5.69 Å². The van der Waals surface area contributed by atoms with Gasteiger partial charge in [0, 0.05) is 0 Å². The molecule has 0 aliphatic carbocycles. The molecule has 4 rings (SSSR count). The highest BCUT2D eigenvalue weighted by Crippen LogP contribution is 2.47. The Hall–Kier alpha value is -2.52. The zero-order valence-corrected chi connectivity index (χ0v) is 18.0. The normalized spacial score (nSPS) is 11.1. The highest BCUT2D eigenvalue weighted by atomic mass is 32.9. The highest BCUT2D eigenvalue weighted by molar-refractivity contribution is 8.51. The summed E-state index contributed by atoms with van der Waals surface area (Å²) in [4.78, 5) is 0. The maximum absolute atomic E-state index is 5.83. The lowest BCUT2D eigenvalue weighted by Gasteiger charge is -2.29. The fourth-order valence-corrected chi connectivity index (χ4v) is 4.78. The Morgan fingerprint density at radius 2 is 0.793 bits per heavy atom. The van der Waals surface area contributed by atoms with Crippen molar-refractivity contribution < 1.29 is 9.05 Å². The molecular weight excluding hydrogens is 415 g/mol. The second kappa shape index (κ2) is 8.87. The van der Waals surface area contributed by atoms with Crippen LogP contribution in [0.15, 0.2) is 109 Å². The van der Waals surface area contributed by atoms with Crippen LogP contribution in [-0.4, -0.2) is 0 Å². The van der Waals surface area contributed by atoms with Crippen molar-refractivity contribution in [2.75, 3.05) is 0 Å². The quantitative estimate of drug-likeness (QED) is 0.235. The van der Waals surface area contributed by atoms with Gasteiger partial charge in [-0.1, -0.05) is 84.9 Å². The third-order valence-corrected chi connectivity index (χ3v) is 6.12. The SMILES string of the molecule is S=P([S-])(Oc1ccc(-c2ccccc2)cc1)Oc1ccc(-c2ccccc2)cc1. The molecule has 0 saturated heterocycles. The molecule has 0 aliphatic heterocycles. The molecule has 144 valence electrons. The van der Waals surface area contributed by atoms with Crippen molar-refractivity contribution in [2.24, 2.45) is 0 Å². The van der Waals surface area contributed by atoms with Crippen LogP contribution in [0.5, 0.6) is 11.5 Å². The van der Waals surface area contributed by atoms with Crippen LogP contribution in [0.1, 0.15) is 0 Å². The lowest BCUT2D eigenvalue weighted by Crippen LogP contribution is -1.97. The predicted molar refractivity (Wildman–Crippen MR) is 127 cm³/mol. The minimum Gasteiger partial charge on any atom is -0.665 e. The van der Waals surface area contributed by atoms with Crippen LogP contribution in [-0.2, 0) is 24.1 Å². The van der Waals surface area contributed by atoms with Crippen molar-refractivity contribution >= 4 is 29.7 Å². The summed E-state index contributed by atoms with van der Waals surface area (Å²) in [5, 5.41) is 0. The molecule has 29 heavy (non-hydrogen) atoms. The topological polar surface area (TPSA) is 18.5 Å². The van der Waals surface area contributed by atoms with Crippen LogP contribution in [0.25, 0.3) is 22.3 Å². The maximum atomic E-state index is 5.83. The zero-order valence-electron chi connectivity index (χ0n) is 15.5. The molecular formula is C24H18O2PS2-. The molecule has 0 saturated carbocycles. The molecule has 4 aromatic rings. The summed E-state index contributed by atoms with van der Waals surface area (Å²) >= 11 is 10.9. The van der Waals surface area contributed by atoms with Crippen molar-refractivity contribution in [1.82, 2.24) is 0 Å². The number of rotatable bonds is 6. The van der Waals surface area contributed by atoms with Gasteiger partial charge in [-0.2, -0.15) is 0 Å². The Morgan fingerprint density at radius 3 is 1.14 bits per heavy atom. The molecule has 0 N–H and O–H groups in total. The van der Waals surface area contributed by atoms with Gasteiger partial charge in [0.1, 0.15) is 11.5 Å². The predicted octanol–water partition coefficient (Wildman–Crippen LogP) is 7.25. The van der Waals surface area contributed by atoms with Crippen LogP contribution < -0.4 is 9.05 Å². The first kappa shape index (κ1) is 19.8. The van der Waals surface area contributed by atoms with E-state index in [0.717, 1.165) is 22.3 Å². The van der Waals surface area contributed by atoms with E-state index in [1.807, 2.05) is 84.9 Å². The van der Waals surface area contributed by atoms with E-state index in [0.29, 0.717) is 11.5 Å². The van der Waals surface area contributed by atoms with E-state index in [2.05, 4.69) is 24.3 Å². The third-order valence-electron chi connectivity index (χ3n) is 4.36. The van der Waals surface area contributed by atoms with E-state index >= 15 is 0 Å². The van der Waals surface area contributed by atoms with Gasteiger partial charge >= 0.3 is 0 Å². The van der Waals surface area contributed by atoms with Gasteiger partial charge in [0.25, 0.3) is 0 Å². The molecule has 0 aliphatic rings. The van der Waals surface area contributed by atoms with Gasteiger partial charge in [-0.25, -0.2) is 0 Å². The second-order valence-electron chi connectivity index (χ2n) is 6.41. The zero-order chi connectivity index (χ0) is 20.1. The van der Waals surface area contributed by atoms with E-state index in [1.165, 1.54) is 0 Å². The average molecular weight is 434 g/mol. The largest absolute Gasteiger partial charge is 0.665 e. The summed E-state index contributed by atoms with van der Waals surface area (Å²) in [5.74, 6) is 1.23. The number of hydrogen-bond acceptors (Lipinski definition) is 4. The molecule has 2 nitrogen and oxygen atoms in total. The fourth-order valence-electron chi connectivity index (χ4n) is 2.95. The number of hydrogen-bond donors (Lipinski definition) is 0. The second-order valence-corrected chi connectivity index (χ2v) is 11.2. The molecule has 0 atom stereocenters. The van der Waals surface area contributed by atoms with Crippen molar-refractivity contribution in [2.45, 2.75) is 0 Å². The fraction of sp³-hybridized carbons (Fsp3) is 0. The smallest absolute Gasteiger partial charge is 0.156 e. The van der Waals surface area contributed by atoms with Crippen molar-refractivity contribution in [3.05, 3.63) is 109 Å². The van der Waals surface area contributed by atoms with Crippen molar-refractivity contribution in [3.8, 4) is 33.8 Å². The lowest BCUT2D eigenvalue weighted by atomic mass is 10.1. The van der Waals surface area contributed by atoms with E-state index in [-0.39, 0.29) is 0 Å². The first-order valence-electron chi connectivity index (χ1n) is 9.10. The van der Waals surface area contributed by atoms with Crippen molar-refractivity contribution in [1.29, 1.82) is 0 Å². The van der Waals surface area contributed by atoms with E-state index in [4.69, 9.17) is 33.1 Å². The Kier molecular flexibility index (Phi) is 6.05. The molecule has 0 amide bonds. The van der Waals surface area contributed by atoms with Crippen LogP contribution in [0.2, 0.25) is 0 Å². The molecule has 0 radical (unpaired) electrons. The summed E-state index contributed by atoms with van der Waals surface area (Å²) in [7, 11) is 0. The van der Waals surface area contributed by atoms with Gasteiger partial charge in [-0.05, 0) is 58.3 Å². The molecule has 0 spiro atoms. The molecule has 0 aromatic heterocycles. The first-order chi connectivity index (χ1) is 14.1. The van der Waals surface area contributed by atoms with Crippen LogP contribution in [0, 0.1) is 0 Å². The Labute approximate surface area is 181 Å². The van der Waals surface area contributed by atoms with E-state index in [9.17, 15) is 0 Å². The summed E-state index contributed by atoms with van der Waals surface area (Å²) in [6.45, 7) is 0. The van der Waals surface area contributed by atoms with Crippen LogP contribution in [0.3, 0.4) is 0 Å². The molecule has 0 bridgehead atoms. The Balaban J connectivity index is 1.43. The minimum atomic E-state index is -2.89.